The molecule has 1 aliphatic heterocycles. The van der Waals surface area contributed by atoms with E-state index in [0.717, 1.165) is 25.9 Å². The maximum Gasteiger partial charge on any atom is 0.255 e. The number of amides is 1. The van der Waals surface area contributed by atoms with E-state index < -0.39 is 0 Å². The summed E-state index contributed by atoms with van der Waals surface area (Å²) < 4.78 is 0. The van der Waals surface area contributed by atoms with Crippen LogP contribution in [0, 0.1) is 17.8 Å². The first kappa shape index (κ1) is 14.5. The summed E-state index contributed by atoms with van der Waals surface area (Å²) in [7, 11) is 0. The molecule has 106 valence electrons. The molecule has 2 heterocycles. The minimum Gasteiger partial charge on any atom is -0.384 e. The van der Waals surface area contributed by atoms with E-state index in [1.54, 1.807) is 18.5 Å². The zero-order valence-corrected chi connectivity index (χ0v) is 11.8. The van der Waals surface area contributed by atoms with Gasteiger partial charge in [0.05, 0.1) is 11.1 Å². The Morgan fingerprint density at radius 2 is 2.45 bits per heavy atom. The number of pyridine rings is 1. The molecule has 0 saturated carbocycles. The van der Waals surface area contributed by atoms with Gasteiger partial charge < -0.3 is 10.0 Å². The molecule has 4 nitrogen and oxygen atoms in total. The van der Waals surface area contributed by atoms with Crippen LogP contribution in [0.4, 0.5) is 0 Å². The first-order valence-electron chi connectivity index (χ1n) is 7.09. The summed E-state index contributed by atoms with van der Waals surface area (Å²) in [6.07, 6.45) is 6.61. The third-order valence-electron chi connectivity index (χ3n) is 3.62. The summed E-state index contributed by atoms with van der Waals surface area (Å²) in [6.45, 7) is 3.61. The van der Waals surface area contributed by atoms with Crippen molar-refractivity contribution >= 4 is 5.91 Å². The molecule has 1 fully saturated rings. The number of aromatic nitrogens is 1. The third kappa shape index (κ3) is 3.37. The molecule has 1 atom stereocenters. The Kier molecular flexibility index (Phi) is 5.14. The average molecular weight is 272 g/mol. The Morgan fingerprint density at radius 3 is 3.20 bits per heavy atom. The number of nitrogens with zero attached hydrogens (tertiary/aromatic N) is 2. The second-order valence-electron chi connectivity index (χ2n) is 5.08. The molecule has 1 aliphatic rings. The largest absolute Gasteiger partial charge is 0.384 e. The Morgan fingerprint density at radius 1 is 1.60 bits per heavy atom. The Bertz CT molecular complexity index is 531. The molecule has 0 spiro atoms. The third-order valence-corrected chi connectivity index (χ3v) is 3.62. The molecule has 4 heteroatoms. The Labute approximate surface area is 119 Å². The fraction of sp³-hybridized carbons (Fsp3) is 0.500. The number of aliphatic hydroxyl groups excluding tert-OH is 1. The van der Waals surface area contributed by atoms with E-state index in [1.807, 2.05) is 4.90 Å². The summed E-state index contributed by atoms with van der Waals surface area (Å²) in [5.74, 6) is 6.01. The van der Waals surface area contributed by atoms with E-state index in [9.17, 15) is 4.79 Å². The molecule has 1 saturated heterocycles. The topological polar surface area (TPSA) is 53.4 Å². The number of carbonyl (C=O) groups is 1. The number of carbonyl (C=O) groups excluding carboxylic acids is 1. The highest BCUT2D eigenvalue weighted by Gasteiger charge is 2.27. The minimum atomic E-state index is -0.217. The van der Waals surface area contributed by atoms with E-state index in [-0.39, 0.29) is 12.5 Å². The van der Waals surface area contributed by atoms with Crippen LogP contribution in [0.2, 0.25) is 0 Å². The molecule has 1 aromatic rings. The number of likely N-dealkylation sites (tertiary alicyclic amines) is 1. The Hall–Kier alpha value is -1.86. The molecule has 1 N–H and O–H groups in total. The van der Waals surface area contributed by atoms with Crippen molar-refractivity contribution in [3.05, 3.63) is 29.6 Å². The maximum absolute atomic E-state index is 12.5. The van der Waals surface area contributed by atoms with Crippen molar-refractivity contribution in [2.24, 2.45) is 5.92 Å². The van der Waals surface area contributed by atoms with Crippen LogP contribution in [0.15, 0.2) is 18.5 Å². The van der Waals surface area contributed by atoms with Gasteiger partial charge >= 0.3 is 0 Å². The van der Waals surface area contributed by atoms with Gasteiger partial charge in [-0.15, -0.1) is 0 Å². The summed E-state index contributed by atoms with van der Waals surface area (Å²) >= 11 is 0. The quantitative estimate of drug-likeness (QED) is 0.852. The average Bonchev–Trinajstić information content (AvgIpc) is 2.94. The van der Waals surface area contributed by atoms with E-state index in [2.05, 4.69) is 23.7 Å². The van der Waals surface area contributed by atoms with Gasteiger partial charge in [0, 0.05) is 25.5 Å². The summed E-state index contributed by atoms with van der Waals surface area (Å²) in [4.78, 5) is 18.4. The first-order chi connectivity index (χ1) is 9.76. The van der Waals surface area contributed by atoms with Crippen LogP contribution in [-0.2, 0) is 0 Å². The van der Waals surface area contributed by atoms with Crippen LogP contribution >= 0.6 is 0 Å². The SMILES string of the molecule is CCCC1CCN(C(=O)c2ccncc2C#CCO)C1. The van der Waals surface area contributed by atoms with Gasteiger partial charge in [-0.1, -0.05) is 25.2 Å². The van der Waals surface area contributed by atoms with Gasteiger partial charge in [-0.3, -0.25) is 9.78 Å². The second-order valence-corrected chi connectivity index (χ2v) is 5.08. The Balaban J connectivity index is 2.14. The van der Waals surface area contributed by atoms with Crippen LogP contribution in [0.1, 0.15) is 42.1 Å². The monoisotopic (exact) mass is 272 g/mol. The molecular formula is C16H20N2O2. The zero-order chi connectivity index (χ0) is 14.4. The van der Waals surface area contributed by atoms with E-state index in [1.165, 1.54) is 6.42 Å². The number of aliphatic hydroxyl groups is 1. The van der Waals surface area contributed by atoms with Gasteiger partial charge in [-0.05, 0) is 24.8 Å². The van der Waals surface area contributed by atoms with Crippen molar-refractivity contribution in [3.63, 3.8) is 0 Å². The van der Waals surface area contributed by atoms with Crippen molar-refractivity contribution in [1.29, 1.82) is 0 Å². The van der Waals surface area contributed by atoms with Crippen LogP contribution in [0.25, 0.3) is 0 Å². The van der Waals surface area contributed by atoms with Crippen LogP contribution in [0.5, 0.6) is 0 Å². The lowest BCUT2D eigenvalue weighted by atomic mass is 10.0. The molecule has 1 amide bonds. The minimum absolute atomic E-state index is 0.0215. The van der Waals surface area contributed by atoms with Gasteiger partial charge in [0.2, 0.25) is 0 Å². The lowest BCUT2D eigenvalue weighted by Gasteiger charge is -2.17. The number of rotatable bonds is 3. The standard InChI is InChI=1S/C16H20N2O2/c1-2-4-13-7-9-18(12-13)16(20)15-6-8-17-11-14(15)5-3-10-19/h6,8,11,13,19H,2,4,7,9-10,12H2,1H3. The fourth-order valence-corrected chi connectivity index (χ4v) is 2.65. The summed E-state index contributed by atoms with van der Waals surface area (Å²) in [6, 6.07) is 1.71. The lowest BCUT2D eigenvalue weighted by Crippen LogP contribution is -2.29. The van der Waals surface area contributed by atoms with E-state index >= 15 is 0 Å². The second kappa shape index (κ2) is 7.06. The summed E-state index contributed by atoms with van der Waals surface area (Å²) in [5.41, 5.74) is 1.17. The van der Waals surface area contributed by atoms with Gasteiger partial charge in [0.15, 0.2) is 0 Å². The van der Waals surface area contributed by atoms with Crippen molar-refractivity contribution in [2.45, 2.75) is 26.2 Å². The highest BCUT2D eigenvalue weighted by molar-refractivity contribution is 5.96. The zero-order valence-electron chi connectivity index (χ0n) is 11.8. The van der Waals surface area contributed by atoms with Crippen molar-refractivity contribution in [1.82, 2.24) is 9.88 Å². The molecule has 2 rings (SSSR count). The smallest absolute Gasteiger partial charge is 0.255 e. The molecule has 1 unspecified atom stereocenters. The van der Waals surface area contributed by atoms with E-state index in [4.69, 9.17) is 5.11 Å². The number of hydrogen-bond donors (Lipinski definition) is 1. The van der Waals surface area contributed by atoms with Crippen molar-refractivity contribution in [2.75, 3.05) is 19.7 Å². The van der Waals surface area contributed by atoms with Crippen molar-refractivity contribution in [3.8, 4) is 11.8 Å². The van der Waals surface area contributed by atoms with Gasteiger partial charge in [-0.2, -0.15) is 0 Å². The van der Waals surface area contributed by atoms with Gasteiger partial charge in [-0.25, -0.2) is 0 Å². The first-order valence-corrected chi connectivity index (χ1v) is 7.09. The fourth-order valence-electron chi connectivity index (χ4n) is 2.65. The predicted octanol–water partition coefficient (Wildman–Crippen LogP) is 1.69. The number of hydrogen-bond acceptors (Lipinski definition) is 3. The van der Waals surface area contributed by atoms with Gasteiger partial charge in [0.25, 0.3) is 5.91 Å². The maximum atomic E-state index is 12.5. The normalized spacial score (nSPS) is 17.7. The van der Waals surface area contributed by atoms with Gasteiger partial charge in [0.1, 0.15) is 6.61 Å². The van der Waals surface area contributed by atoms with Crippen LogP contribution in [0.3, 0.4) is 0 Å². The summed E-state index contributed by atoms with van der Waals surface area (Å²) in [5, 5.41) is 8.77. The molecule has 0 bridgehead atoms. The highest BCUT2D eigenvalue weighted by atomic mass is 16.2. The molecular weight excluding hydrogens is 252 g/mol. The molecule has 1 aromatic heterocycles. The lowest BCUT2D eigenvalue weighted by molar-refractivity contribution is 0.0786. The van der Waals surface area contributed by atoms with E-state index in [0.29, 0.717) is 17.0 Å². The predicted molar refractivity (Wildman–Crippen MR) is 77.1 cm³/mol. The van der Waals surface area contributed by atoms with Crippen LogP contribution in [-0.4, -0.2) is 40.6 Å². The highest BCUT2D eigenvalue weighted by Crippen LogP contribution is 2.23. The molecule has 0 radical (unpaired) electrons. The van der Waals surface area contributed by atoms with Crippen molar-refractivity contribution < 1.29 is 9.90 Å². The molecule has 0 aliphatic carbocycles. The molecule has 20 heavy (non-hydrogen) atoms. The molecule has 0 aromatic carbocycles. The van der Waals surface area contributed by atoms with Crippen LogP contribution < -0.4 is 0 Å².